The van der Waals surface area contributed by atoms with Crippen LogP contribution in [-0.2, 0) is 28.8 Å². The molecule has 1 aromatic heterocycles. The summed E-state index contributed by atoms with van der Waals surface area (Å²) in [5.74, 6) is 0.329. The third kappa shape index (κ3) is 6.72. The SMILES string of the molecule is COc1ccc(CN(Cc2ccc(OC)cc2)S(=O)(=O)C[C@](C)(F)c2ncc(Br)cn2)cc1. The third-order valence-corrected chi connectivity index (χ3v) is 7.33. The molecule has 0 aliphatic rings. The molecule has 3 aromatic rings. The monoisotopic (exact) mass is 537 g/mol. The van der Waals surface area contributed by atoms with Gasteiger partial charge >= 0.3 is 0 Å². The molecule has 0 radical (unpaired) electrons. The van der Waals surface area contributed by atoms with Gasteiger partial charge in [0.15, 0.2) is 11.5 Å². The highest BCUT2D eigenvalue weighted by molar-refractivity contribution is 9.10. The topological polar surface area (TPSA) is 81.6 Å². The zero-order valence-corrected chi connectivity index (χ0v) is 20.9. The molecular weight excluding hydrogens is 513 g/mol. The summed E-state index contributed by atoms with van der Waals surface area (Å²) in [6.07, 6.45) is 2.78. The smallest absolute Gasteiger partial charge is 0.218 e. The number of nitrogens with zero attached hydrogens (tertiary/aromatic N) is 3. The van der Waals surface area contributed by atoms with Crippen LogP contribution in [0.5, 0.6) is 11.5 Å². The van der Waals surface area contributed by atoms with E-state index in [1.54, 1.807) is 62.8 Å². The average molecular weight is 538 g/mol. The summed E-state index contributed by atoms with van der Waals surface area (Å²) >= 11 is 3.20. The number of hydrogen-bond donors (Lipinski definition) is 0. The van der Waals surface area contributed by atoms with E-state index < -0.39 is 21.4 Å². The second-order valence-corrected chi connectivity index (χ2v) is 10.5. The van der Waals surface area contributed by atoms with Crippen molar-refractivity contribution in [1.29, 1.82) is 0 Å². The third-order valence-electron chi connectivity index (χ3n) is 4.97. The fourth-order valence-corrected chi connectivity index (χ4v) is 5.09. The number of rotatable bonds is 10. The molecule has 0 spiro atoms. The first-order chi connectivity index (χ1) is 15.6. The number of sulfonamides is 1. The fraction of sp³-hybridized carbons (Fsp3) is 0.304. The van der Waals surface area contributed by atoms with Gasteiger partial charge in [-0.1, -0.05) is 24.3 Å². The molecule has 176 valence electrons. The molecule has 0 aliphatic heterocycles. The van der Waals surface area contributed by atoms with E-state index >= 15 is 4.39 Å². The van der Waals surface area contributed by atoms with E-state index in [-0.39, 0.29) is 18.9 Å². The first-order valence-corrected chi connectivity index (χ1v) is 12.4. The van der Waals surface area contributed by atoms with Crippen molar-refractivity contribution in [2.75, 3.05) is 20.0 Å². The van der Waals surface area contributed by atoms with E-state index in [1.807, 2.05) is 0 Å². The molecule has 0 bridgehead atoms. The van der Waals surface area contributed by atoms with Crippen LogP contribution in [0.2, 0.25) is 0 Å². The van der Waals surface area contributed by atoms with Crippen LogP contribution < -0.4 is 9.47 Å². The first kappa shape index (κ1) is 25.1. The molecule has 0 aliphatic carbocycles. The standard InChI is InChI=1S/C23H25BrFN3O4S/c1-23(25,22-26-12-19(24)13-27-22)16-33(29,30)28(14-17-4-8-20(31-2)9-5-17)15-18-6-10-21(32-3)11-7-18/h4-13H,14-16H2,1-3H3/t23-/m0/s1. The lowest BCUT2D eigenvalue weighted by atomic mass is 10.1. The van der Waals surface area contributed by atoms with Gasteiger partial charge in [-0.3, -0.25) is 0 Å². The zero-order valence-electron chi connectivity index (χ0n) is 18.5. The molecule has 0 amide bonds. The molecule has 0 unspecified atom stereocenters. The van der Waals surface area contributed by atoms with Gasteiger partial charge in [0.2, 0.25) is 10.0 Å². The highest BCUT2D eigenvalue weighted by atomic mass is 79.9. The van der Waals surface area contributed by atoms with Gasteiger partial charge in [-0.15, -0.1) is 0 Å². The predicted molar refractivity (Wildman–Crippen MR) is 127 cm³/mol. The molecule has 2 aromatic carbocycles. The Labute approximate surface area is 201 Å². The van der Waals surface area contributed by atoms with E-state index in [0.29, 0.717) is 16.0 Å². The maximum Gasteiger partial charge on any atom is 0.218 e. The van der Waals surface area contributed by atoms with Gasteiger partial charge in [0, 0.05) is 25.5 Å². The van der Waals surface area contributed by atoms with Crippen molar-refractivity contribution in [1.82, 2.24) is 14.3 Å². The molecule has 1 heterocycles. The second-order valence-electron chi connectivity index (χ2n) is 7.64. The molecule has 0 fully saturated rings. The normalized spacial score (nSPS) is 13.5. The molecule has 0 saturated carbocycles. The van der Waals surface area contributed by atoms with E-state index in [1.165, 1.54) is 23.6 Å². The van der Waals surface area contributed by atoms with Crippen LogP contribution in [0.3, 0.4) is 0 Å². The van der Waals surface area contributed by atoms with Crippen molar-refractivity contribution < 1.29 is 22.3 Å². The Morgan fingerprint density at radius 1 is 0.909 bits per heavy atom. The quantitative estimate of drug-likeness (QED) is 0.379. The number of hydrogen-bond acceptors (Lipinski definition) is 6. The van der Waals surface area contributed by atoms with Crippen LogP contribution in [0.25, 0.3) is 0 Å². The lowest BCUT2D eigenvalue weighted by Crippen LogP contribution is -2.39. The second kappa shape index (κ2) is 10.6. The maximum absolute atomic E-state index is 15.5. The number of ether oxygens (including phenoxy) is 2. The summed E-state index contributed by atoms with van der Waals surface area (Å²) in [5.41, 5.74) is -0.792. The molecule has 0 N–H and O–H groups in total. The van der Waals surface area contributed by atoms with Gasteiger partial charge in [-0.2, -0.15) is 4.31 Å². The highest BCUT2D eigenvalue weighted by Gasteiger charge is 2.38. The molecule has 7 nitrogen and oxygen atoms in total. The van der Waals surface area contributed by atoms with Gasteiger partial charge in [-0.05, 0) is 58.2 Å². The minimum atomic E-state index is -4.06. The summed E-state index contributed by atoms with van der Waals surface area (Å²) < 4.78 is 54.5. The Morgan fingerprint density at radius 2 is 1.33 bits per heavy atom. The van der Waals surface area contributed by atoms with Crippen LogP contribution in [0.4, 0.5) is 4.39 Å². The minimum Gasteiger partial charge on any atom is -0.497 e. The number of aromatic nitrogens is 2. The Morgan fingerprint density at radius 3 is 1.73 bits per heavy atom. The van der Waals surface area contributed by atoms with Crippen molar-refractivity contribution in [3.63, 3.8) is 0 Å². The first-order valence-electron chi connectivity index (χ1n) is 10.0. The van der Waals surface area contributed by atoms with Gasteiger partial charge in [0.25, 0.3) is 0 Å². The summed E-state index contributed by atoms with van der Waals surface area (Å²) in [4.78, 5) is 7.91. The van der Waals surface area contributed by atoms with Crippen LogP contribution in [0.1, 0.15) is 23.9 Å². The maximum atomic E-state index is 15.5. The minimum absolute atomic E-state index is 0.0651. The van der Waals surface area contributed by atoms with Crippen LogP contribution in [0.15, 0.2) is 65.4 Å². The lowest BCUT2D eigenvalue weighted by Gasteiger charge is -2.26. The zero-order chi connectivity index (χ0) is 24.1. The fourth-order valence-electron chi connectivity index (χ4n) is 3.20. The Kier molecular flexibility index (Phi) is 8.04. The molecule has 0 saturated heterocycles. The van der Waals surface area contributed by atoms with Crippen molar-refractivity contribution in [3.05, 3.63) is 82.3 Å². The number of alkyl halides is 1. The average Bonchev–Trinajstić information content (AvgIpc) is 2.79. The summed E-state index contributed by atoms with van der Waals surface area (Å²) in [6.45, 7) is 1.30. The largest absolute Gasteiger partial charge is 0.497 e. The van der Waals surface area contributed by atoms with E-state index in [0.717, 1.165) is 11.1 Å². The number of benzene rings is 2. The number of methoxy groups -OCH3 is 2. The summed E-state index contributed by atoms with van der Waals surface area (Å²) in [7, 11) is -0.947. The van der Waals surface area contributed by atoms with Gasteiger partial charge < -0.3 is 9.47 Å². The number of halogens is 2. The predicted octanol–water partition coefficient (Wildman–Crippen LogP) is 4.47. The van der Waals surface area contributed by atoms with E-state index in [2.05, 4.69) is 25.9 Å². The highest BCUT2D eigenvalue weighted by Crippen LogP contribution is 2.28. The molecule has 33 heavy (non-hydrogen) atoms. The Bertz CT molecular complexity index is 1110. The summed E-state index contributed by atoms with van der Waals surface area (Å²) in [5, 5.41) is 0. The van der Waals surface area contributed by atoms with Crippen LogP contribution in [-0.4, -0.2) is 42.7 Å². The van der Waals surface area contributed by atoms with E-state index in [4.69, 9.17) is 9.47 Å². The van der Waals surface area contributed by atoms with Crippen molar-refractivity contribution >= 4 is 26.0 Å². The van der Waals surface area contributed by atoms with Gasteiger partial charge in [-0.25, -0.2) is 22.8 Å². The molecular formula is C23H25BrFN3O4S. The summed E-state index contributed by atoms with van der Waals surface area (Å²) in [6, 6.07) is 14.1. The lowest BCUT2D eigenvalue weighted by molar-refractivity contribution is 0.205. The Hall–Kier alpha value is -2.56. The van der Waals surface area contributed by atoms with Gasteiger partial charge in [0.1, 0.15) is 17.3 Å². The molecule has 10 heteroatoms. The molecule has 3 rings (SSSR count). The molecule has 1 atom stereocenters. The van der Waals surface area contributed by atoms with Crippen LogP contribution in [0, 0.1) is 0 Å². The Balaban J connectivity index is 1.89. The van der Waals surface area contributed by atoms with Crippen molar-refractivity contribution in [2.45, 2.75) is 25.7 Å². The van der Waals surface area contributed by atoms with Crippen molar-refractivity contribution in [3.8, 4) is 11.5 Å². The van der Waals surface area contributed by atoms with E-state index in [9.17, 15) is 8.42 Å². The van der Waals surface area contributed by atoms with Crippen LogP contribution >= 0.6 is 15.9 Å². The van der Waals surface area contributed by atoms with Gasteiger partial charge in [0.05, 0.1) is 18.7 Å². The van der Waals surface area contributed by atoms with Crippen molar-refractivity contribution in [2.24, 2.45) is 0 Å².